The highest BCUT2D eigenvalue weighted by Gasteiger charge is 2.25. The van der Waals surface area contributed by atoms with E-state index in [1.165, 1.54) is 50.4 Å². The van der Waals surface area contributed by atoms with Crippen molar-refractivity contribution in [2.24, 2.45) is 0 Å². The number of likely N-dealkylation sites (tertiary alicyclic amines) is 1. The number of nitrogens with one attached hydrogen (secondary N) is 2. The van der Waals surface area contributed by atoms with E-state index in [0.717, 1.165) is 29.9 Å². The van der Waals surface area contributed by atoms with E-state index in [9.17, 15) is 20.1 Å². The van der Waals surface area contributed by atoms with E-state index in [4.69, 9.17) is 0 Å². The van der Waals surface area contributed by atoms with E-state index in [2.05, 4.69) is 39.5 Å². The van der Waals surface area contributed by atoms with E-state index in [0.29, 0.717) is 28.7 Å². The SMILES string of the molecule is Cl.Cl.O=c1[nH]c2c(O)ccc(CC(O)(O)NCCc3cccc(CCN4CCCCCC4)c3)c2s1. The van der Waals surface area contributed by atoms with Crippen LogP contribution in [0.3, 0.4) is 0 Å². The third kappa shape index (κ3) is 8.46. The van der Waals surface area contributed by atoms with Crippen LogP contribution in [0.25, 0.3) is 10.2 Å². The van der Waals surface area contributed by atoms with Crippen molar-refractivity contribution in [1.82, 2.24) is 15.2 Å². The molecule has 2 aromatic carbocycles. The van der Waals surface area contributed by atoms with E-state index in [1.807, 2.05) is 0 Å². The maximum atomic E-state index is 11.7. The molecule has 1 aliphatic rings. The van der Waals surface area contributed by atoms with Crippen LogP contribution in [0.5, 0.6) is 5.75 Å². The maximum Gasteiger partial charge on any atom is 0.305 e. The summed E-state index contributed by atoms with van der Waals surface area (Å²) in [5, 5.41) is 33.7. The fraction of sp³-hybridized carbons (Fsp3) is 0.480. The highest BCUT2D eigenvalue weighted by molar-refractivity contribution is 7.16. The number of aromatic nitrogens is 1. The third-order valence-corrected chi connectivity index (χ3v) is 7.26. The first-order valence-corrected chi connectivity index (χ1v) is 12.5. The van der Waals surface area contributed by atoms with Crippen LogP contribution >= 0.6 is 36.2 Å². The second-order valence-corrected chi connectivity index (χ2v) is 9.94. The van der Waals surface area contributed by atoms with Crippen LogP contribution in [-0.4, -0.2) is 57.3 Å². The molecule has 0 aliphatic carbocycles. The number of phenols is 1. The molecule has 10 heteroatoms. The molecule has 5 N–H and O–H groups in total. The summed E-state index contributed by atoms with van der Waals surface area (Å²) in [6.45, 7) is 3.88. The molecule has 0 atom stereocenters. The predicted molar refractivity (Wildman–Crippen MR) is 146 cm³/mol. The minimum atomic E-state index is -2.12. The Morgan fingerprint density at radius 1 is 1.00 bits per heavy atom. The summed E-state index contributed by atoms with van der Waals surface area (Å²) in [6.07, 6.45) is 6.89. The molecule has 1 aliphatic heterocycles. The lowest BCUT2D eigenvalue weighted by atomic mass is 10.0. The Morgan fingerprint density at radius 2 is 1.69 bits per heavy atom. The van der Waals surface area contributed by atoms with Crippen LogP contribution in [0, 0.1) is 0 Å². The molecule has 0 spiro atoms. The van der Waals surface area contributed by atoms with Gasteiger partial charge in [-0.25, -0.2) is 0 Å². The summed E-state index contributed by atoms with van der Waals surface area (Å²) in [5.74, 6) is -2.15. The van der Waals surface area contributed by atoms with Gasteiger partial charge >= 0.3 is 4.87 Å². The third-order valence-electron chi connectivity index (χ3n) is 6.30. The van der Waals surface area contributed by atoms with Gasteiger partial charge in [0.1, 0.15) is 11.3 Å². The van der Waals surface area contributed by atoms with E-state index in [-0.39, 0.29) is 41.9 Å². The summed E-state index contributed by atoms with van der Waals surface area (Å²) < 4.78 is 0.534. The first-order valence-electron chi connectivity index (χ1n) is 11.7. The number of halogens is 2. The summed E-state index contributed by atoms with van der Waals surface area (Å²) in [7, 11) is 0. The minimum absolute atomic E-state index is 0. The maximum absolute atomic E-state index is 11.7. The van der Waals surface area contributed by atoms with Crippen molar-refractivity contribution < 1.29 is 15.3 Å². The number of benzene rings is 2. The van der Waals surface area contributed by atoms with Gasteiger partial charge in [-0.2, -0.15) is 0 Å². The molecule has 35 heavy (non-hydrogen) atoms. The van der Waals surface area contributed by atoms with Gasteiger partial charge in [-0.05, 0) is 61.5 Å². The largest absolute Gasteiger partial charge is 0.506 e. The van der Waals surface area contributed by atoms with E-state index in [1.54, 1.807) is 6.07 Å². The molecule has 0 unspecified atom stereocenters. The average molecular weight is 545 g/mol. The second-order valence-electron chi connectivity index (χ2n) is 8.96. The molecular weight excluding hydrogens is 509 g/mol. The number of hydrogen-bond acceptors (Lipinski definition) is 7. The smallest absolute Gasteiger partial charge is 0.305 e. The van der Waals surface area contributed by atoms with Gasteiger partial charge in [0.2, 0.25) is 5.91 Å². The first-order chi connectivity index (χ1) is 15.9. The summed E-state index contributed by atoms with van der Waals surface area (Å²) in [6, 6.07) is 11.6. The Balaban J connectivity index is 0.00000216. The first kappa shape index (κ1) is 29.6. The van der Waals surface area contributed by atoms with Gasteiger partial charge in [0.15, 0.2) is 0 Å². The fourth-order valence-corrected chi connectivity index (χ4v) is 5.40. The van der Waals surface area contributed by atoms with Crippen molar-refractivity contribution in [2.75, 3.05) is 26.2 Å². The van der Waals surface area contributed by atoms with Crippen molar-refractivity contribution in [1.29, 1.82) is 0 Å². The van der Waals surface area contributed by atoms with Gasteiger partial charge in [0.25, 0.3) is 0 Å². The van der Waals surface area contributed by atoms with Crippen LogP contribution < -0.4 is 10.2 Å². The molecular formula is C25H35Cl2N3O4S. The Hall–Kier alpha value is -1.65. The number of rotatable bonds is 9. The highest BCUT2D eigenvalue weighted by atomic mass is 35.5. The fourth-order valence-electron chi connectivity index (χ4n) is 4.54. The molecule has 2 heterocycles. The molecule has 7 nitrogen and oxygen atoms in total. The minimum Gasteiger partial charge on any atom is -0.506 e. The number of aromatic amines is 1. The number of fused-ring (bicyclic) bond motifs is 1. The molecule has 1 fully saturated rings. The Bertz CT molecular complexity index is 1130. The highest BCUT2D eigenvalue weighted by Crippen LogP contribution is 2.29. The predicted octanol–water partition coefficient (Wildman–Crippen LogP) is 3.57. The molecule has 0 saturated carbocycles. The average Bonchev–Trinajstić information content (AvgIpc) is 3.00. The van der Waals surface area contributed by atoms with Gasteiger partial charge in [-0.3, -0.25) is 10.1 Å². The molecule has 0 amide bonds. The van der Waals surface area contributed by atoms with Crippen LogP contribution in [0.15, 0.2) is 41.2 Å². The van der Waals surface area contributed by atoms with Gasteiger partial charge < -0.3 is 25.2 Å². The quantitative estimate of drug-likeness (QED) is 0.264. The van der Waals surface area contributed by atoms with Crippen LogP contribution in [0.2, 0.25) is 0 Å². The van der Waals surface area contributed by atoms with E-state index >= 15 is 0 Å². The van der Waals surface area contributed by atoms with Crippen LogP contribution in [-0.2, 0) is 19.3 Å². The number of phenolic OH excluding ortho intramolecular Hbond substituents is 1. The monoisotopic (exact) mass is 543 g/mol. The Morgan fingerprint density at radius 3 is 2.40 bits per heavy atom. The Kier molecular flexibility index (Phi) is 11.5. The second kappa shape index (κ2) is 13.6. The topological polar surface area (TPSA) is 109 Å². The van der Waals surface area contributed by atoms with Crippen molar-refractivity contribution >= 4 is 46.4 Å². The zero-order valence-corrected chi connectivity index (χ0v) is 22.1. The van der Waals surface area contributed by atoms with Gasteiger partial charge in [-0.15, -0.1) is 24.8 Å². The lowest BCUT2D eigenvalue weighted by molar-refractivity contribution is -0.183. The number of nitrogens with zero attached hydrogens (tertiary/aromatic N) is 1. The Labute approximate surface area is 222 Å². The molecule has 0 bridgehead atoms. The molecule has 4 rings (SSSR count). The van der Waals surface area contributed by atoms with Gasteiger partial charge in [-0.1, -0.05) is 54.5 Å². The summed E-state index contributed by atoms with van der Waals surface area (Å²) >= 11 is 0.947. The summed E-state index contributed by atoms with van der Waals surface area (Å²) in [5.41, 5.74) is 3.38. The van der Waals surface area contributed by atoms with Crippen molar-refractivity contribution in [3.63, 3.8) is 0 Å². The number of thiazole rings is 1. The van der Waals surface area contributed by atoms with Crippen LogP contribution in [0.4, 0.5) is 0 Å². The molecule has 1 aromatic heterocycles. The zero-order chi connectivity index (χ0) is 23.3. The number of aromatic hydroxyl groups is 1. The number of H-pyrrole nitrogens is 1. The van der Waals surface area contributed by atoms with E-state index < -0.39 is 5.91 Å². The lowest BCUT2D eigenvalue weighted by Crippen LogP contribution is -2.47. The molecule has 1 saturated heterocycles. The normalized spacial score (nSPS) is 14.8. The zero-order valence-electron chi connectivity index (χ0n) is 19.7. The molecule has 0 radical (unpaired) electrons. The standard InChI is InChI=1S/C25H33N3O4S.2ClH/c29-21-9-8-20(23-22(21)27-24(30)33-23)17-25(31,32)26-12-10-18-6-5-7-19(16-18)11-15-28-13-3-1-2-4-14-28;;/h5-9,16,26,29,31-32H,1-4,10-15,17H2,(H,27,30);2*1H. The van der Waals surface area contributed by atoms with Crippen molar-refractivity contribution in [3.05, 3.63) is 62.8 Å². The van der Waals surface area contributed by atoms with Gasteiger partial charge in [0, 0.05) is 19.5 Å². The number of aliphatic hydroxyl groups is 2. The van der Waals surface area contributed by atoms with Crippen molar-refractivity contribution in [3.8, 4) is 5.75 Å². The van der Waals surface area contributed by atoms with Crippen LogP contribution in [0.1, 0.15) is 42.4 Å². The molecule has 194 valence electrons. The van der Waals surface area contributed by atoms with Gasteiger partial charge in [0.05, 0.1) is 4.70 Å². The lowest BCUT2D eigenvalue weighted by Gasteiger charge is -2.23. The molecule has 3 aromatic rings. The number of hydrogen-bond donors (Lipinski definition) is 5. The van der Waals surface area contributed by atoms with Crippen molar-refractivity contribution in [2.45, 2.75) is 50.9 Å². The summed E-state index contributed by atoms with van der Waals surface area (Å²) in [4.78, 5) is 16.5.